The van der Waals surface area contributed by atoms with E-state index in [1.54, 1.807) is 11.8 Å². The van der Waals surface area contributed by atoms with Gasteiger partial charge >= 0.3 is 5.69 Å². The van der Waals surface area contributed by atoms with Gasteiger partial charge in [-0.3, -0.25) is 14.2 Å². The Kier molecular flexibility index (Phi) is 3.85. The minimum atomic E-state index is -0.501. The number of carbonyl (C=O) groups is 1. The molecule has 2 aromatic heterocycles. The molecule has 21 heavy (non-hydrogen) atoms. The number of hydrogen-bond donors (Lipinski definition) is 1. The highest BCUT2D eigenvalue weighted by Gasteiger charge is 2.24. The summed E-state index contributed by atoms with van der Waals surface area (Å²) in [5.41, 5.74) is -0.515. The molecule has 1 aliphatic heterocycles. The number of aromatic nitrogens is 3. The number of thioether (sulfide) groups is 1. The zero-order valence-electron chi connectivity index (χ0n) is 11.4. The van der Waals surface area contributed by atoms with Gasteiger partial charge in [0, 0.05) is 31.1 Å². The number of fused-ring (bicyclic) bond motifs is 1. The largest absolute Gasteiger partial charge is 0.336 e. The predicted molar refractivity (Wildman–Crippen MR) is 83.4 cm³/mol. The van der Waals surface area contributed by atoms with Crippen molar-refractivity contribution in [1.82, 2.24) is 18.8 Å². The molecule has 0 atom stereocenters. The summed E-state index contributed by atoms with van der Waals surface area (Å²) in [5, 5.41) is 0. The maximum absolute atomic E-state index is 12.5. The fraction of sp³-hybridized carbons (Fsp3) is 0.500. The molecule has 112 valence electrons. The summed E-state index contributed by atoms with van der Waals surface area (Å²) in [6.07, 6.45) is 0. The van der Waals surface area contributed by atoms with Crippen LogP contribution in [0.3, 0.4) is 0 Å². The van der Waals surface area contributed by atoms with Crippen LogP contribution < -0.4 is 11.2 Å². The van der Waals surface area contributed by atoms with Crippen LogP contribution in [0.25, 0.3) is 11.0 Å². The third-order valence-electron chi connectivity index (χ3n) is 3.43. The highest BCUT2D eigenvalue weighted by molar-refractivity contribution is 7.99. The summed E-state index contributed by atoms with van der Waals surface area (Å²) >= 11 is 2.78. The Labute approximate surface area is 128 Å². The maximum Gasteiger partial charge on any atom is 0.328 e. The van der Waals surface area contributed by atoms with Gasteiger partial charge in [-0.1, -0.05) is 0 Å². The first-order chi connectivity index (χ1) is 10.1. The fourth-order valence-electron chi connectivity index (χ4n) is 2.29. The van der Waals surface area contributed by atoms with Gasteiger partial charge in [0.25, 0.3) is 11.5 Å². The summed E-state index contributed by atoms with van der Waals surface area (Å²) in [6.45, 7) is 3.35. The number of nitrogens with one attached hydrogen (secondary N) is 1. The SMILES string of the molecule is CCn1c(=O)[nH]c2c(C(=O)N3CCSCC3)snc2c1=O. The first-order valence-corrected chi connectivity index (χ1v) is 8.55. The minimum absolute atomic E-state index is 0.160. The average Bonchev–Trinajstić information content (AvgIpc) is 2.91. The van der Waals surface area contributed by atoms with E-state index in [-0.39, 0.29) is 23.5 Å². The zero-order valence-corrected chi connectivity index (χ0v) is 13.1. The van der Waals surface area contributed by atoms with E-state index in [1.807, 2.05) is 11.8 Å². The Bertz CT molecular complexity index is 801. The summed E-state index contributed by atoms with van der Waals surface area (Å²) in [5.74, 6) is 1.65. The van der Waals surface area contributed by atoms with Gasteiger partial charge in [-0.25, -0.2) is 4.79 Å². The van der Waals surface area contributed by atoms with Gasteiger partial charge in [-0.2, -0.15) is 16.1 Å². The van der Waals surface area contributed by atoms with Crippen molar-refractivity contribution in [2.75, 3.05) is 24.6 Å². The van der Waals surface area contributed by atoms with Crippen LogP contribution in [0, 0.1) is 0 Å². The summed E-state index contributed by atoms with van der Waals surface area (Å²) in [4.78, 5) is 41.3. The Morgan fingerprint density at radius 3 is 2.71 bits per heavy atom. The van der Waals surface area contributed by atoms with Crippen LogP contribution in [0.5, 0.6) is 0 Å². The molecular weight excluding hydrogens is 312 g/mol. The molecule has 0 saturated carbocycles. The molecule has 3 rings (SSSR count). The minimum Gasteiger partial charge on any atom is -0.336 e. The molecule has 0 spiro atoms. The second-order valence-corrected chi connectivity index (χ2v) is 6.62. The van der Waals surface area contributed by atoms with Crippen molar-refractivity contribution in [3.63, 3.8) is 0 Å². The second-order valence-electron chi connectivity index (χ2n) is 4.62. The summed E-state index contributed by atoms with van der Waals surface area (Å²) in [7, 11) is 0. The molecule has 3 heterocycles. The van der Waals surface area contributed by atoms with E-state index >= 15 is 0 Å². The first-order valence-electron chi connectivity index (χ1n) is 6.63. The van der Waals surface area contributed by atoms with E-state index < -0.39 is 11.2 Å². The predicted octanol–water partition coefficient (Wildman–Crippen LogP) is 0.355. The number of carbonyl (C=O) groups excluding carboxylic acids is 1. The number of amides is 1. The molecule has 0 unspecified atom stereocenters. The van der Waals surface area contributed by atoms with E-state index in [2.05, 4.69) is 9.36 Å². The topological polar surface area (TPSA) is 88.1 Å². The highest BCUT2D eigenvalue weighted by Crippen LogP contribution is 2.20. The zero-order chi connectivity index (χ0) is 15.0. The monoisotopic (exact) mass is 326 g/mol. The Morgan fingerprint density at radius 2 is 2.05 bits per heavy atom. The molecule has 1 amide bonds. The van der Waals surface area contributed by atoms with Gasteiger partial charge in [0.15, 0.2) is 5.52 Å². The third-order valence-corrected chi connectivity index (χ3v) is 5.20. The standard InChI is InChI=1S/C12H14N4O3S2/c1-2-16-10(17)8-7(13-12(16)19)9(21-14-8)11(18)15-3-5-20-6-4-15/h2-6H2,1H3,(H,13,19). The Hall–Kier alpha value is -1.61. The van der Waals surface area contributed by atoms with Crippen molar-refractivity contribution in [1.29, 1.82) is 0 Å². The number of aromatic amines is 1. The highest BCUT2D eigenvalue weighted by atomic mass is 32.2. The van der Waals surface area contributed by atoms with Gasteiger partial charge in [-0.05, 0) is 18.5 Å². The molecule has 0 aromatic carbocycles. The Morgan fingerprint density at radius 1 is 1.33 bits per heavy atom. The quantitative estimate of drug-likeness (QED) is 0.860. The summed E-state index contributed by atoms with van der Waals surface area (Å²) in [6, 6.07) is 0. The Balaban J connectivity index is 2.10. The maximum atomic E-state index is 12.5. The van der Waals surface area contributed by atoms with E-state index in [0.717, 1.165) is 27.6 Å². The number of rotatable bonds is 2. The fourth-order valence-corrected chi connectivity index (χ4v) is 3.99. The lowest BCUT2D eigenvalue weighted by molar-refractivity contribution is 0.0778. The van der Waals surface area contributed by atoms with Crippen molar-refractivity contribution in [2.24, 2.45) is 0 Å². The van der Waals surface area contributed by atoms with E-state index in [4.69, 9.17) is 0 Å². The number of nitrogens with zero attached hydrogens (tertiary/aromatic N) is 3. The van der Waals surface area contributed by atoms with Crippen molar-refractivity contribution >= 4 is 40.2 Å². The van der Waals surface area contributed by atoms with E-state index in [9.17, 15) is 14.4 Å². The van der Waals surface area contributed by atoms with E-state index in [0.29, 0.717) is 18.0 Å². The molecular formula is C12H14N4O3S2. The van der Waals surface area contributed by atoms with Crippen LogP contribution in [0.15, 0.2) is 9.59 Å². The van der Waals surface area contributed by atoms with Crippen LogP contribution in [0.2, 0.25) is 0 Å². The van der Waals surface area contributed by atoms with Gasteiger partial charge in [0.1, 0.15) is 4.88 Å². The van der Waals surface area contributed by atoms with Gasteiger partial charge in [0.05, 0.1) is 5.52 Å². The molecule has 7 nitrogen and oxygen atoms in total. The molecule has 0 radical (unpaired) electrons. The third kappa shape index (κ3) is 2.40. The normalized spacial score (nSPS) is 15.6. The lowest BCUT2D eigenvalue weighted by atomic mass is 10.3. The molecule has 2 aromatic rings. The van der Waals surface area contributed by atoms with Gasteiger partial charge < -0.3 is 9.88 Å². The van der Waals surface area contributed by atoms with Crippen LogP contribution in [0.1, 0.15) is 16.6 Å². The second kappa shape index (κ2) is 5.64. The summed E-state index contributed by atoms with van der Waals surface area (Å²) < 4.78 is 5.15. The van der Waals surface area contributed by atoms with Gasteiger partial charge in [0.2, 0.25) is 0 Å². The van der Waals surface area contributed by atoms with Gasteiger partial charge in [-0.15, -0.1) is 0 Å². The average molecular weight is 326 g/mol. The molecule has 0 bridgehead atoms. The molecule has 1 aliphatic rings. The van der Waals surface area contributed by atoms with Crippen molar-refractivity contribution in [3.8, 4) is 0 Å². The van der Waals surface area contributed by atoms with Crippen LogP contribution in [-0.4, -0.2) is 49.3 Å². The molecule has 0 aliphatic carbocycles. The lowest BCUT2D eigenvalue weighted by Gasteiger charge is -2.25. The van der Waals surface area contributed by atoms with Crippen molar-refractivity contribution < 1.29 is 4.79 Å². The molecule has 1 saturated heterocycles. The smallest absolute Gasteiger partial charge is 0.328 e. The molecule has 1 fully saturated rings. The van der Waals surface area contributed by atoms with Crippen LogP contribution in [0.4, 0.5) is 0 Å². The lowest BCUT2D eigenvalue weighted by Crippen LogP contribution is -2.38. The van der Waals surface area contributed by atoms with Crippen LogP contribution in [-0.2, 0) is 6.54 Å². The first kappa shape index (κ1) is 14.3. The van der Waals surface area contributed by atoms with E-state index in [1.165, 1.54) is 0 Å². The van der Waals surface area contributed by atoms with Crippen molar-refractivity contribution in [2.45, 2.75) is 13.5 Å². The molecule has 1 N–H and O–H groups in total. The van der Waals surface area contributed by atoms with Crippen molar-refractivity contribution in [3.05, 3.63) is 25.7 Å². The number of hydrogen-bond acceptors (Lipinski definition) is 6. The number of H-pyrrole nitrogens is 1. The molecule has 9 heteroatoms. The van der Waals surface area contributed by atoms with Crippen LogP contribution >= 0.6 is 23.3 Å².